The monoisotopic (exact) mass is 265 g/mol. The predicted molar refractivity (Wildman–Crippen MR) is 86.5 cm³/mol. The van der Waals surface area contributed by atoms with Gasteiger partial charge in [-0.05, 0) is 68.4 Å². The maximum atomic E-state index is 3.71. The van der Waals surface area contributed by atoms with Gasteiger partial charge in [0.25, 0.3) is 0 Å². The largest absolute Gasteiger partial charge is 0.382 e. The van der Waals surface area contributed by atoms with Gasteiger partial charge < -0.3 is 5.32 Å². The number of fused-ring (bicyclic) bond motifs is 1. The Balaban J connectivity index is 1.80. The van der Waals surface area contributed by atoms with E-state index in [0.29, 0.717) is 6.04 Å². The van der Waals surface area contributed by atoms with Gasteiger partial charge in [-0.15, -0.1) is 0 Å². The van der Waals surface area contributed by atoms with Crippen molar-refractivity contribution in [2.45, 2.75) is 46.1 Å². The van der Waals surface area contributed by atoms with Crippen molar-refractivity contribution in [2.75, 3.05) is 5.32 Å². The molecular weight excluding hydrogens is 242 g/mol. The molecule has 1 aliphatic heterocycles. The summed E-state index contributed by atoms with van der Waals surface area (Å²) in [5.74, 6) is 0. The first-order valence-corrected chi connectivity index (χ1v) is 7.54. The normalized spacial score (nSPS) is 17.4. The third kappa shape index (κ3) is 2.58. The molecule has 0 spiro atoms. The van der Waals surface area contributed by atoms with Crippen molar-refractivity contribution in [1.29, 1.82) is 0 Å². The average Bonchev–Trinajstić information content (AvgIpc) is 2.42. The molecule has 0 amide bonds. The molecule has 1 N–H and O–H groups in total. The van der Waals surface area contributed by atoms with Gasteiger partial charge in [-0.25, -0.2) is 0 Å². The molecule has 0 aliphatic carbocycles. The third-order valence-corrected chi connectivity index (χ3v) is 4.43. The highest BCUT2D eigenvalue weighted by Gasteiger charge is 2.18. The van der Waals surface area contributed by atoms with Gasteiger partial charge in [-0.3, -0.25) is 0 Å². The van der Waals surface area contributed by atoms with Crippen LogP contribution in [0.1, 0.15) is 34.2 Å². The van der Waals surface area contributed by atoms with Gasteiger partial charge in [0.2, 0.25) is 0 Å². The number of benzene rings is 2. The molecular formula is C19H23N. The van der Waals surface area contributed by atoms with E-state index in [1.807, 2.05) is 0 Å². The number of nitrogens with one attached hydrogen (secondary N) is 1. The molecule has 0 fully saturated rings. The molecule has 1 atom stereocenters. The lowest BCUT2D eigenvalue weighted by atomic mass is 9.89. The van der Waals surface area contributed by atoms with Crippen LogP contribution in [0.15, 0.2) is 36.4 Å². The van der Waals surface area contributed by atoms with Crippen molar-refractivity contribution in [1.82, 2.24) is 0 Å². The molecule has 0 bridgehead atoms. The van der Waals surface area contributed by atoms with Crippen LogP contribution in [0, 0.1) is 20.8 Å². The second-order valence-corrected chi connectivity index (χ2v) is 6.12. The summed E-state index contributed by atoms with van der Waals surface area (Å²) in [6.45, 7) is 6.66. The van der Waals surface area contributed by atoms with Crippen LogP contribution in [0.3, 0.4) is 0 Å². The zero-order valence-electron chi connectivity index (χ0n) is 12.7. The minimum atomic E-state index is 0.560. The summed E-state index contributed by atoms with van der Waals surface area (Å²) in [6, 6.07) is 13.9. The van der Waals surface area contributed by atoms with Crippen LogP contribution >= 0.6 is 0 Å². The van der Waals surface area contributed by atoms with E-state index in [1.54, 1.807) is 0 Å². The Labute approximate surface area is 122 Å². The SMILES string of the molecule is Cc1cc(C)c(CC2CCc3ccccc3N2)c(C)c1. The predicted octanol–water partition coefficient (Wildman–Crippen LogP) is 4.58. The minimum absolute atomic E-state index is 0.560. The summed E-state index contributed by atoms with van der Waals surface area (Å²) in [6.07, 6.45) is 3.55. The Kier molecular flexibility index (Phi) is 3.52. The van der Waals surface area contributed by atoms with Crippen molar-refractivity contribution >= 4 is 5.69 Å². The molecule has 1 heterocycles. The number of rotatable bonds is 2. The summed E-state index contributed by atoms with van der Waals surface area (Å²) in [5.41, 5.74) is 8.54. The maximum absolute atomic E-state index is 3.71. The highest BCUT2D eigenvalue weighted by Crippen LogP contribution is 2.27. The third-order valence-electron chi connectivity index (χ3n) is 4.43. The van der Waals surface area contributed by atoms with Gasteiger partial charge in [-0.1, -0.05) is 35.9 Å². The molecule has 1 aliphatic rings. The Bertz CT molecular complexity index is 604. The van der Waals surface area contributed by atoms with Crippen molar-refractivity contribution < 1.29 is 0 Å². The summed E-state index contributed by atoms with van der Waals surface area (Å²) in [4.78, 5) is 0. The van der Waals surface area contributed by atoms with E-state index in [-0.39, 0.29) is 0 Å². The van der Waals surface area contributed by atoms with Crippen LogP contribution < -0.4 is 5.32 Å². The molecule has 104 valence electrons. The Hall–Kier alpha value is -1.76. The molecule has 0 radical (unpaired) electrons. The topological polar surface area (TPSA) is 12.0 Å². The molecule has 20 heavy (non-hydrogen) atoms. The highest BCUT2D eigenvalue weighted by atomic mass is 14.9. The first-order valence-electron chi connectivity index (χ1n) is 7.54. The van der Waals surface area contributed by atoms with Gasteiger partial charge in [0.05, 0.1) is 0 Å². The van der Waals surface area contributed by atoms with Gasteiger partial charge in [0.1, 0.15) is 0 Å². The van der Waals surface area contributed by atoms with Crippen LogP contribution in [0.25, 0.3) is 0 Å². The van der Waals surface area contributed by atoms with Crippen LogP contribution in [-0.2, 0) is 12.8 Å². The van der Waals surface area contributed by atoms with Gasteiger partial charge in [-0.2, -0.15) is 0 Å². The fraction of sp³-hybridized carbons (Fsp3) is 0.368. The smallest absolute Gasteiger partial charge is 0.0374 e. The summed E-state index contributed by atoms with van der Waals surface area (Å²) >= 11 is 0. The molecule has 0 saturated heterocycles. The van der Waals surface area contributed by atoms with Gasteiger partial charge in [0.15, 0.2) is 0 Å². The van der Waals surface area contributed by atoms with E-state index < -0.39 is 0 Å². The zero-order valence-corrected chi connectivity index (χ0v) is 12.7. The summed E-state index contributed by atoms with van der Waals surface area (Å²) in [5, 5.41) is 3.71. The van der Waals surface area contributed by atoms with E-state index in [1.165, 1.54) is 46.3 Å². The van der Waals surface area contributed by atoms with E-state index in [9.17, 15) is 0 Å². The second kappa shape index (κ2) is 5.32. The van der Waals surface area contributed by atoms with E-state index >= 15 is 0 Å². The van der Waals surface area contributed by atoms with E-state index in [4.69, 9.17) is 0 Å². The molecule has 1 unspecified atom stereocenters. The lowest BCUT2D eigenvalue weighted by Crippen LogP contribution is -2.28. The number of hydrogen-bond donors (Lipinski definition) is 1. The fourth-order valence-corrected chi connectivity index (χ4v) is 3.43. The fourth-order valence-electron chi connectivity index (χ4n) is 3.43. The molecule has 0 aromatic heterocycles. The lowest BCUT2D eigenvalue weighted by Gasteiger charge is -2.28. The second-order valence-electron chi connectivity index (χ2n) is 6.12. The van der Waals surface area contributed by atoms with E-state index in [0.717, 1.165) is 6.42 Å². The number of anilines is 1. The standard InChI is InChI=1S/C19H23N/c1-13-10-14(2)18(15(3)11-13)12-17-9-8-16-6-4-5-7-19(16)20-17/h4-7,10-11,17,20H,8-9,12H2,1-3H3. The molecule has 1 heteroatoms. The first kappa shape index (κ1) is 13.2. The Morgan fingerprint density at radius 2 is 1.75 bits per heavy atom. The maximum Gasteiger partial charge on any atom is 0.0374 e. The summed E-state index contributed by atoms with van der Waals surface area (Å²) in [7, 11) is 0. The minimum Gasteiger partial charge on any atom is -0.382 e. The lowest BCUT2D eigenvalue weighted by molar-refractivity contribution is 0.625. The summed E-state index contributed by atoms with van der Waals surface area (Å²) < 4.78 is 0. The number of aryl methyl sites for hydroxylation is 4. The van der Waals surface area contributed by atoms with Crippen molar-refractivity contribution in [3.8, 4) is 0 Å². The quantitative estimate of drug-likeness (QED) is 0.838. The molecule has 2 aromatic rings. The van der Waals surface area contributed by atoms with Crippen LogP contribution in [0.2, 0.25) is 0 Å². The molecule has 3 rings (SSSR count). The van der Waals surface area contributed by atoms with Crippen molar-refractivity contribution in [2.24, 2.45) is 0 Å². The van der Waals surface area contributed by atoms with Crippen molar-refractivity contribution in [3.63, 3.8) is 0 Å². The Morgan fingerprint density at radius 3 is 2.50 bits per heavy atom. The molecule has 0 saturated carbocycles. The van der Waals surface area contributed by atoms with Gasteiger partial charge >= 0.3 is 0 Å². The molecule has 2 aromatic carbocycles. The number of hydrogen-bond acceptors (Lipinski definition) is 1. The van der Waals surface area contributed by atoms with Crippen LogP contribution in [-0.4, -0.2) is 6.04 Å². The number of para-hydroxylation sites is 1. The van der Waals surface area contributed by atoms with Gasteiger partial charge in [0, 0.05) is 11.7 Å². The zero-order chi connectivity index (χ0) is 14.1. The Morgan fingerprint density at radius 1 is 1.05 bits per heavy atom. The molecule has 1 nitrogen and oxygen atoms in total. The van der Waals surface area contributed by atoms with Crippen LogP contribution in [0.4, 0.5) is 5.69 Å². The first-order chi connectivity index (χ1) is 9.63. The average molecular weight is 265 g/mol. The van der Waals surface area contributed by atoms with Crippen LogP contribution in [0.5, 0.6) is 0 Å². The van der Waals surface area contributed by atoms with E-state index in [2.05, 4.69) is 62.5 Å². The highest BCUT2D eigenvalue weighted by molar-refractivity contribution is 5.54. The van der Waals surface area contributed by atoms with Crippen molar-refractivity contribution in [3.05, 3.63) is 64.2 Å².